The molecule has 0 saturated carbocycles. The summed E-state index contributed by atoms with van der Waals surface area (Å²) >= 11 is 2.04. The lowest BCUT2D eigenvalue weighted by Gasteiger charge is -2.43. The number of aliphatic hydroxyl groups excluding tert-OH is 2. The second-order valence-electron chi connectivity index (χ2n) is 21.8. The Kier molecular flexibility index (Phi) is 23.1. The Labute approximate surface area is 407 Å². The van der Waals surface area contributed by atoms with Gasteiger partial charge in [-0.15, -0.1) is 0 Å². The number of ether oxygens (including phenoxy) is 1. The molecule has 370 valence electrons. The Morgan fingerprint density at radius 3 is 2.11 bits per heavy atom. The fourth-order valence-corrected chi connectivity index (χ4v) is 16.0. The summed E-state index contributed by atoms with van der Waals surface area (Å²) in [6.07, 6.45) is 21.6. The molecule has 9 heteroatoms. The SMILES string of the molecule is CCCCCCCC/C=C\CCCCSCC(CC=C(C)[C@@H]1C[C@@H]2O[C@]2(C)CCC[C@H](C)[C@H](O)[C@@H](C)C(=O)C(C)(C)[C@H](O)C(=O)CN1)CO[Si](c1ccccc1)(c1ccccc1)C(C)(C)C. The quantitative estimate of drug-likeness (QED) is 0.0464. The van der Waals surface area contributed by atoms with Crippen LogP contribution < -0.4 is 15.7 Å². The van der Waals surface area contributed by atoms with Crippen LogP contribution >= 0.6 is 11.8 Å². The summed E-state index contributed by atoms with van der Waals surface area (Å²) in [5.41, 5.74) is -0.472. The maximum atomic E-state index is 13.7. The minimum Gasteiger partial charge on any atom is -0.407 e. The first-order valence-electron chi connectivity index (χ1n) is 25.9. The molecule has 2 aliphatic heterocycles. The maximum Gasteiger partial charge on any atom is 0.261 e. The molecule has 1 unspecified atom stereocenters. The molecule has 2 aromatic carbocycles. The number of aliphatic hydroxyl groups is 2. The minimum absolute atomic E-state index is 0.0266. The number of hydrogen-bond donors (Lipinski definition) is 3. The van der Waals surface area contributed by atoms with Crippen molar-refractivity contribution < 1.29 is 29.0 Å². The number of nitrogens with one attached hydrogen (secondary N) is 1. The van der Waals surface area contributed by atoms with Crippen LogP contribution in [0.5, 0.6) is 0 Å². The summed E-state index contributed by atoms with van der Waals surface area (Å²) in [5.74, 6) is 0.836. The van der Waals surface area contributed by atoms with Gasteiger partial charge in [0.1, 0.15) is 11.9 Å². The lowest BCUT2D eigenvalue weighted by atomic mass is 9.72. The Morgan fingerprint density at radius 2 is 1.50 bits per heavy atom. The van der Waals surface area contributed by atoms with Gasteiger partial charge in [-0.25, -0.2) is 0 Å². The number of allylic oxidation sites excluding steroid dienone is 3. The molecule has 0 amide bonds. The molecule has 3 N–H and O–H groups in total. The Morgan fingerprint density at radius 1 is 0.909 bits per heavy atom. The number of carbonyl (C=O) groups is 2. The first-order valence-corrected chi connectivity index (χ1v) is 28.9. The van der Waals surface area contributed by atoms with Crippen LogP contribution in [0, 0.1) is 23.2 Å². The Bertz CT molecular complexity index is 1750. The molecular formula is C57H91NO6SSi. The van der Waals surface area contributed by atoms with Crippen LogP contribution in [0.4, 0.5) is 0 Å². The average Bonchev–Trinajstić information content (AvgIpc) is 3.95. The van der Waals surface area contributed by atoms with Crippen molar-refractivity contribution in [2.75, 3.05) is 24.7 Å². The highest BCUT2D eigenvalue weighted by molar-refractivity contribution is 7.99. The number of hydrogen-bond acceptors (Lipinski definition) is 8. The van der Waals surface area contributed by atoms with Crippen molar-refractivity contribution in [1.82, 2.24) is 5.32 Å². The summed E-state index contributed by atoms with van der Waals surface area (Å²) in [6.45, 7) is 21.1. The lowest BCUT2D eigenvalue weighted by Crippen LogP contribution is -2.67. The monoisotopic (exact) mass is 946 g/mol. The second kappa shape index (κ2) is 27.1. The molecule has 66 heavy (non-hydrogen) atoms. The summed E-state index contributed by atoms with van der Waals surface area (Å²) in [4.78, 5) is 27.4. The van der Waals surface area contributed by atoms with E-state index in [0.717, 1.165) is 49.2 Å². The number of Topliss-reactive ketones (excluding diaryl/α,β-unsaturated/α-hetero) is 2. The van der Waals surface area contributed by atoms with Crippen molar-refractivity contribution in [2.24, 2.45) is 23.2 Å². The molecule has 0 aliphatic carbocycles. The first-order chi connectivity index (χ1) is 31.4. The van der Waals surface area contributed by atoms with Crippen LogP contribution in [-0.2, 0) is 18.8 Å². The van der Waals surface area contributed by atoms with Gasteiger partial charge in [0.15, 0.2) is 5.78 Å². The lowest BCUT2D eigenvalue weighted by molar-refractivity contribution is -0.148. The van der Waals surface area contributed by atoms with E-state index < -0.39 is 37.6 Å². The third kappa shape index (κ3) is 16.1. The van der Waals surface area contributed by atoms with Gasteiger partial charge < -0.3 is 24.7 Å². The van der Waals surface area contributed by atoms with E-state index in [1.165, 1.54) is 68.2 Å². The van der Waals surface area contributed by atoms with E-state index in [1.54, 1.807) is 20.8 Å². The van der Waals surface area contributed by atoms with Gasteiger partial charge in [0.05, 0.1) is 29.8 Å². The summed E-state index contributed by atoms with van der Waals surface area (Å²) in [5, 5.41) is 28.5. The van der Waals surface area contributed by atoms with Crippen molar-refractivity contribution >= 4 is 42.0 Å². The molecule has 0 spiro atoms. The van der Waals surface area contributed by atoms with Crippen molar-refractivity contribution in [3.8, 4) is 0 Å². The number of benzene rings is 2. The van der Waals surface area contributed by atoms with Crippen LogP contribution in [0.3, 0.4) is 0 Å². The fraction of sp³-hybridized carbons (Fsp3) is 0.684. The van der Waals surface area contributed by atoms with Gasteiger partial charge in [0, 0.05) is 18.6 Å². The standard InChI is InChI=1S/C57H91NO6SSi/c1-11-12-13-14-15-16-17-18-19-20-21-28-38-65-42-46(41-63-66(55(5,6)7,47-31-24-22-25-32-47)48-33-26-23-27-34-48)36-35-43(2)49-39-51-57(10,64-51)37-29-30-44(3)52(60)45(4)53(61)56(8,9)54(62)50(59)40-58-49/h18-19,22-27,31-35,44-46,49,51-52,54,58,60,62H,11-17,20-21,28-30,36-42H2,1-10H3/b19-18-,43-35?/t44-,45+,46?,49-,51-,52-,54+,57+/m0/s1. The van der Waals surface area contributed by atoms with E-state index in [1.807, 2.05) is 18.7 Å². The number of rotatable bonds is 22. The van der Waals surface area contributed by atoms with Gasteiger partial charge >= 0.3 is 0 Å². The molecule has 2 aliphatic rings. The number of fused-ring (bicyclic) bond motifs is 1. The summed E-state index contributed by atoms with van der Waals surface area (Å²) < 4.78 is 14.0. The van der Waals surface area contributed by atoms with E-state index in [-0.39, 0.29) is 46.9 Å². The molecule has 7 nitrogen and oxygen atoms in total. The minimum atomic E-state index is -2.76. The first kappa shape index (κ1) is 56.2. The zero-order chi connectivity index (χ0) is 48.4. The summed E-state index contributed by atoms with van der Waals surface area (Å²) in [6, 6.07) is 21.6. The van der Waals surface area contributed by atoms with E-state index in [2.05, 4.69) is 126 Å². The van der Waals surface area contributed by atoms with Crippen molar-refractivity contribution in [1.29, 1.82) is 0 Å². The molecule has 2 aromatic rings. The van der Waals surface area contributed by atoms with Crippen molar-refractivity contribution in [2.45, 2.75) is 201 Å². The maximum absolute atomic E-state index is 13.7. The van der Waals surface area contributed by atoms with Crippen LogP contribution in [0.2, 0.25) is 5.04 Å². The molecule has 8 atom stereocenters. The van der Waals surface area contributed by atoms with E-state index in [9.17, 15) is 19.8 Å². The molecule has 2 fully saturated rings. The number of epoxide rings is 1. The average molecular weight is 947 g/mol. The normalized spacial score (nSPS) is 26.6. The molecule has 0 bridgehead atoms. The number of carbonyl (C=O) groups excluding carboxylic acids is 2. The molecule has 2 saturated heterocycles. The van der Waals surface area contributed by atoms with E-state index >= 15 is 0 Å². The topological polar surface area (TPSA) is 108 Å². The Hall–Kier alpha value is -2.37. The predicted molar refractivity (Wildman–Crippen MR) is 281 cm³/mol. The van der Waals surface area contributed by atoms with Crippen molar-refractivity contribution in [3.63, 3.8) is 0 Å². The van der Waals surface area contributed by atoms with Crippen LogP contribution in [0.25, 0.3) is 0 Å². The van der Waals surface area contributed by atoms with E-state index in [4.69, 9.17) is 9.16 Å². The van der Waals surface area contributed by atoms with Gasteiger partial charge in [0.2, 0.25) is 0 Å². The highest BCUT2D eigenvalue weighted by Crippen LogP contribution is 2.45. The zero-order valence-corrected chi connectivity index (χ0v) is 44.7. The van der Waals surface area contributed by atoms with Crippen LogP contribution in [0.1, 0.15) is 166 Å². The van der Waals surface area contributed by atoms with Crippen LogP contribution in [-0.4, -0.2) is 84.7 Å². The van der Waals surface area contributed by atoms with Gasteiger partial charge in [-0.3, -0.25) is 9.59 Å². The predicted octanol–water partition coefficient (Wildman–Crippen LogP) is 11.6. The highest BCUT2D eigenvalue weighted by atomic mass is 32.2. The largest absolute Gasteiger partial charge is 0.407 e. The second-order valence-corrected chi connectivity index (χ2v) is 27.3. The van der Waals surface area contributed by atoms with Gasteiger partial charge in [0.25, 0.3) is 8.32 Å². The number of unbranched alkanes of at least 4 members (excludes halogenated alkanes) is 8. The van der Waals surface area contributed by atoms with E-state index in [0.29, 0.717) is 13.0 Å². The van der Waals surface area contributed by atoms with Crippen LogP contribution in [0.15, 0.2) is 84.5 Å². The Balaban J connectivity index is 1.53. The van der Waals surface area contributed by atoms with Gasteiger partial charge in [-0.1, -0.05) is 165 Å². The molecule has 0 radical (unpaired) electrons. The summed E-state index contributed by atoms with van der Waals surface area (Å²) in [7, 11) is -2.76. The van der Waals surface area contributed by atoms with Gasteiger partial charge in [-0.05, 0) is 124 Å². The molecule has 4 rings (SSSR count). The number of ketones is 2. The zero-order valence-electron chi connectivity index (χ0n) is 42.9. The van der Waals surface area contributed by atoms with Gasteiger partial charge in [-0.2, -0.15) is 11.8 Å². The smallest absolute Gasteiger partial charge is 0.261 e. The molecule has 2 heterocycles. The third-order valence-corrected chi connectivity index (χ3v) is 21.2. The third-order valence-electron chi connectivity index (χ3n) is 14.9. The van der Waals surface area contributed by atoms with Crippen molar-refractivity contribution in [3.05, 3.63) is 84.5 Å². The molecular weight excluding hydrogens is 855 g/mol. The highest BCUT2D eigenvalue weighted by Gasteiger charge is 2.53. The number of thioether (sulfide) groups is 1. The fourth-order valence-electron chi connectivity index (χ4n) is 10.2. The molecule has 0 aromatic heterocycles.